The van der Waals surface area contributed by atoms with Gasteiger partial charge in [0.25, 0.3) is 0 Å². The zero-order chi connectivity index (χ0) is 14.3. The summed E-state index contributed by atoms with van der Waals surface area (Å²) in [7, 11) is 0. The van der Waals surface area contributed by atoms with Gasteiger partial charge in [0.1, 0.15) is 6.04 Å². The first-order chi connectivity index (χ1) is 9.06. The summed E-state index contributed by atoms with van der Waals surface area (Å²) >= 11 is 0. The van der Waals surface area contributed by atoms with Gasteiger partial charge in [0, 0.05) is 19.5 Å². The first-order valence-electron chi connectivity index (χ1n) is 7.33. The molecule has 1 rings (SSSR count). The van der Waals surface area contributed by atoms with Crippen molar-refractivity contribution >= 4 is 11.8 Å². The predicted octanol–water partition coefficient (Wildman–Crippen LogP) is 0.879. The maximum absolute atomic E-state index is 12.3. The van der Waals surface area contributed by atoms with Crippen molar-refractivity contribution in [2.75, 3.05) is 19.6 Å². The van der Waals surface area contributed by atoms with E-state index in [9.17, 15) is 9.59 Å². The van der Waals surface area contributed by atoms with Crippen LogP contribution in [0.3, 0.4) is 0 Å². The Balaban J connectivity index is 2.64. The average Bonchev–Trinajstić information content (AvgIpc) is 2.37. The molecule has 0 bridgehead atoms. The van der Waals surface area contributed by atoms with Crippen molar-refractivity contribution in [3.05, 3.63) is 0 Å². The molecular formula is C14H27N3O2. The Morgan fingerprint density at radius 2 is 2.16 bits per heavy atom. The molecule has 5 nitrogen and oxygen atoms in total. The molecule has 110 valence electrons. The van der Waals surface area contributed by atoms with Crippen LogP contribution in [0.1, 0.15) is 46.0 Å². The molecule has 1 heterocycles. The van der Waals surface area contributed by atoms with E-state index in [2.05, 4.69) is 19.2 Å². The van der Waals surface area contributed by atoms with Gasteiger partial charge in [-0.3, -0.25) is 9.59 Å². The van der Waals surface area contributed by atoms with Gasteiger partial charge in [-0.2, -0.15) is 0 Å². The van der Waals surface area contributed by atoms with Gasteiger partial charge in [0.15, 0.2) is 0 Å². The molecule has 19 heavy (non-hydrogen) atoms. The Morgan fingerprint density at radius 1 is 1.42 bits per heavy atom. The Morgan fingerprint density at radius 3 is 2.74 bits per heavy atom. The van der Waals surface area contributed by atoms with Crippen LogP contribution >= 0.6 is 0 Å². The molecule has 2 amide bonds. The number of amides is 2. The molecule has 0 saturated carbocycles. The standard InChI is InChI=1S/C14H27N3O2/c1-11(2)10-12(14(19)16-8-5-7-15)17-9-4-3-6-13(17)18/h11-12H,3-10,15H2,1-2H3,(H,16,19). The van der Waals surface area contributed by atoms with Crippen molar-refractivity contribution in [3.8, 4) is 0 Å². The van der Waals surface area contributed by atoms with Crippen LogP contribution in [-0.4, -0.2) is 42.4 Å². The molecule has 0 radical (unpaired) electrons. The van der Waals surface area contributed by atoms with Gasteiger partial charge in [-0.25, -0.2) is 0 Å². The molecular weight excluding hydrogens is 242 g/mol. The number of hydrogen-bond donors (Lipinski definition) is 2. The summed E-state index contributed by atoms with van der Waals surface area (Å²) < 4.78 is 0. The van der Waals surface area contributed by atoms with Gasteiger partial charge < -0.3 is 16.0 Å². The van der Waals surface area contributed by atoms with E-state index in [0.717, 1.165) is 25.7 Å². The Labute approximate surface area is 115 Å². The maximum Gasteiger partial charge on any atom is 0.242 e. The molecule has 1 saturated heterocycles. The van der Waals surface area contributed by atoms with Crippen LogP contribution < -0.4 is 11.1 Å². The smallest absolute Gasteiger partial charge is 0.242 e. The van der Waals surface area contributed by atoms with E-state index in [-0.39, 0.29) is 17.9 Å². The highest BCUT2D eigenvalue weighted by Gasteiger charge is 2.31. The van der Waals surface area contributed by atoms with Crippen molar-refractivity contribution in [2.45, 2.75) is 52.0 Å². The second-order valence-corrected chi connectivity index (χ2v) is 5.62. The highest BCUT2D eigenvalue weighted by atomic mass is 16.2. The fourth-order valence-corrected chi connectivity index (χ4v) is 2.41. The molecule has 0 spiro atoms. The summed E-state index contributed by atoms with van der Waals surface area (Å²) in [6.45, 7) is 6.02. The number of hydrogen-bond acceptors (Lipinski definition) is 3. The van der Waals surface area contributed by atoms with Gasteiger partial charge in [-0.05, 0) is 38.1 Å². The van der Waals surface area contributed by atoms with Crippen molar-refractivity contribution in [1.82, 2.24) is 10.2 Å². The molecule has 0 aromatic heterocycles. The molecule has 0 aliphatic carbocycles. The number of likely N-dealkylation sites (tertiary alicyclic amines) is 1. The van der Waals surface area contributed by atoms with Gasteiger partial charge >= 0.3 is 0 Å². The lowest BCUT2D eigenvalue weighted by Crippen LogP contribution is -2.52. The third kappa shape index (κ3) is 5.19. The van der Waals surface area contributed by atoms with E-state index < -0.39 is 0 Å². The lowest BCUT2D eigenvalue weighted by molar-refractivity contribution is -0.143. The first-order valence-corrected chi connectivity index (χ1v) is 7.33. The molecule has 1 fully saturated rings. The highest BCUT2D eigenvalue weighted by Crippen LogP contribution is 2.19. The summed E-state index contributed by atoms with van der Waals surface area (Å²) in [5.41, 5.74) is 5.42. The number of nitrogens with two attached hydrogens (primary N) is 1. The van der Waals surface area contributed by atoms with E-state index in [1.165, 1.54) is 0 Å². The maximum atomic E-state index is 12.3. The number of rotatable bonds is 7. The van der Waals surface area contributed by atoms with Crippen LogP contribution in [0.25, 0.3) is 0 Å². The highest BCUT2D eigenvalue weighted by molar-refractivity contribution is 5.88. The summed E-state index contributed by atoms with van der Waals surface area (Å²) in [5, 5.41) is 2.89. The lowest BCUT2D eigenvalue weighted by atomic mass is 9.98. The molecule has 1 unspecified atom stereocenters. The van der Waals surface area contributed by atoms with Crippen molar-refractivity contribution in [2.24, 2.45) is 11.7 Å². The molecule has 1 aliphatic rings. The van der Waals surface area contributed by atoms with Crippen LogP contribution in [0.2, 0.25) is 0 Å². The summed E-state index contributed by atoms with van der Waals surface area (Å²) in [6, 6.07) is -0.314. The van der Waals surface area contributed by atoms with Gasteiger partial charge in [-0.15, -0.1) is 0 Å². The SMILES string of the molecule is CC(C)CC(C(=O)NCCCN)N1CCCCC1=O. The molecule has 3 N–H and O–H groups in total. The number of carbonyl (C=O) groups is 2. The number of piperidine rings is 1. The second kappa shape index (κ2) is 8.15. The fourth-order valence-electron chi connectivity index (χ4n) is 2.41. The third-order valence-electron chi connectivity index (χ3n) is 3.41. The fraction of sp³-hybridized carbons (Fsp3) is 0.857. The van der Waals surface area contributed by atoms with E-state index >= 15 is 0 Å². The van der Waals surface area contributed by atoms with Crippen molar-refractivity contribution < 1.29 is 9.59 Å². The molecule has 0 aromatic rings. The number of carbonyl (C=O) groups excluding carboxylic acids is 2. The lowest BCUT2D eigenvalue weighted by Gasteiger charge is -2.34. The summed E-state index contributed by atoms with van der Waals surface area (Å²) in [6.07, 6.45) is 4.01. The summed E-state index contributed by atoms with van der Waals surface area (Å²) in [5.74, 6) is 0.475. The molecule has 1 aliphatic heterocycles. The topological polar surface area (TPSA) is 75.4 Å². The second-order valence-electron chi connectivity index (χ2n) is 5.62. The van der Waals surface area contributed by atoms with Crippen LogP contribution in [-0.2, 0) is 9.59 Å². The average molecular weight is 269 g/mol. The molecule has 5 heteroatoms. The molecule has 0 aromatic carbocycles. The Kier molecular flexibility index (Phi) is 6.84. The first kappa shape index (κ1) is 16.0. The van der Waals surface area contributed by atoms with Crippen LogP contribution in [0.15, 0.2) is 0 Å². The Bertz CT molecular complexity index is 305. The normalized spacial score (nSPS) is 17.7. The van der Waals surface area contributed by atoms with Crippen LogP contribution in [0, 0.1) is 5.92 Å². The minimum Gasteiger partial charge on any atom is -0.354 e. The minimum atomic E-state index is -0.314. The van der Waals surface area contributed by atoms with Crippen LogP contribution in [0.4, 0.5) is 0 Å². The minimum absolute atomic E-state index is 0.0302. The summed E-state index contributed by atoms with van der Waals surface area (Å²) in [4.78, 5) is 26.0. The third-order valence-corrected chi connectivity index (χ3v) is 3.41. The monoisotopic (exact) mass is 269 g/mol. The largest absolute Gasteiger partial charge is 0.354 e. The van der Waals surface area contributed by atoms with E-state index in [1.54, 1.807) is 4.90 Å². The van der Waals surface area contributed by atoms with Gasteiger partial charge in [0.05, 0.1) is 0 Å². The van der Waals surface area contributed by atoms with Gasteiger partial charge in [-0.1, -0.05) is 13.8 Å². The van der Waals surface area contributed by atoms with E-state index in [1.807, 2.05) is 0 Å². The Hall–Kier alpha value is -1.10. The predicted molar refractivity (Wildman–Crippen MR) is 75.5 cm³/mol. The molecule has 1 atom stereocenters. The zero-order valence-electron chi connectivity index (χ0n) is 12.2. The quantitative estimate of drug-likeness (QED) is 0.674. The van der Waals surface area contributed by atoms with Crippen molar-refractivity contribution in [3.63, 3.8) is 0 Å². The van der Waals surface area contributed by atoms with E-state index in [0.29, 0.717) is 32.0 Å². The number of nitrogens with one attached hydrogen (secondary N) is 1. The van der Waals surface area contributed by atoms with E-state index in [4.69, 9.17) is 5.73 Å². The number of nitrogens with zero attached hydrogens (tertiary/aromatic N) is 1. The van der Waals surface area contributed by atoms with Crippen molar-refractivity contribution in [1.29, 1.82) is 0 Å². The van der Waals surface area contributed by atoms with Gasteiger partial charge in [0.2, 0.25) is 11.8 Å². The zero-order valence-corrected chi connectivity index (χ0v) is 12.2. The van der Waals surface area contributed by atoms with Crippen LogP contribution in [0.5, 0.6) is 0 Å².